The van der Waals surface area contributed by atoms with Crippen LogP contribution in [0, 0.1) is 0 Å². The maximum absolute atomic E-state index is 4.25. The van der Waals surface area contributed by atoms with E-state index in [0.717, 1.165) is 24.7 Å². The molecule has 1 aromatic heterocycles. The third-order valence-corrected chi connectivity index (χ3v) is 2.91. The predicted octanol–water partition coefficient (Wildman–Crippen LogP) is 3.85. The van der Waals surface area contributed by atoms with Gasteiger partial charge in [0.25, 0.3) is 0 Å². The molecular formula is C7H3Br3N2. The van der Waals surface area contributed by atoms with Gasteiger partial charge in [-0.25, -0.2) is 4.98 Å². The first-order valence-electron chi connectivity index (χ1n) is 3.17. The van der Waals surface area contributed by atoms with E-state index in [1.165, 1.54) is 0 Å². The number of hydrogen-bond donors (Lipinski definition) is 1. The third-order valence-electron chi connectivity index (χ3n) is 1.48. The summed E-state index contributed by atoms with van der Waals surface area (Å²) in [6.07, 6.45) is 0. The molecule has 2 rings (SSSR count). The number of nitrogens with one attached hydrogen (secondary N) is 1. The molecule has 0 aliphatic heterocycles. The fourth-order valence-corrected chi connectivity index (χ4v) is 2.72. The first-order valence-corrected chi connectivity index (χ1v) is 5.55. The molecule has 0 spiro atoms. The third kappa shape index (κ3) is 1.45. The number of aromatic nitrogens is 2. The van der Waals surface area contributed by atoms with E-state index in [1.807, 2.05) is 12.1 Å². The summed E-state index contributed by atoms with van der Waals surface area (Å²) >= 11 is 10.1. The molecule has 12 heavy (non-hydrogen) atoms. The van der Waals surface area contributed by atoms with E-state index in [-0.39, 0.29) is 0 Å². The van der Waals surface area contributed by atoms with Crippen LogP contribution in [0.25, 0.3) is 11.0 Å². The van der Waals surface area contributed by atoms with Crippen molar-refractivity contribution in [2.24, 2.45) is 0 Å². The van der Waals surface area contributed by atoms with Crippen LogP contribution in [-0.2, 0) is 0 Å². The molecule has 0 aliphatic carbocycles. The molecule has 2 nitrogen and oxygen atoms in total. The molecule has 0 atom stereocenters. The summed E-state index contributed by atoms with van der Waals surface area (Å²) in [6.45, 7) is 0. The number of halogens is 3. The van der Waals surface area contributed by atoms with E-state index in [2.05, 4.69) is 57.8 Å². The van der Waals surface area contributed by atoms with Gasteiger partial charge in [0.1, 0.15) is 5.52 Å². The Hall–Kier alpha value is 0.130. The van der Waals surface area contributed by atoms with Crippen LogP contribution in [0.1, 0.15) is 0 Å². The van der Waals surface area contributed by atoms with Gasteiger partial charge >= 0.3 is 0 Å². The molecule has 1 aromatic carbocycles. The van der Waals surface area contributed by atoms with Crippen molar-refractivity contribution in [3.63, 3.8) is 0 Å². The van der Waals surface area contributed by atoms with Gasteiger partial charge in [-0.3, -0.25) is 0 Å². The minimum absolute atomic E-state index is 0.747. The number of hydrogen-bond acceptors (Lipinski definition) is 1. The van der Waals surface area contributed by atoms with E-state index in [1.54, 1.807) is 0 Å². The predicted molar refractivity (Wildman–Crippen MR) is 59.2 cm³/mol. The highest BCUT2D eigenvalue weighted by Crippen LogP contribution is 2.27. The molecule has 0 fully saturated rings. The fourth-order valence-electron chi connectivity index (χ4n) is 1.01. The van der Waals surface area contributed by atoms with Crippen LogP contribution in [0.5, 0.6) is 0 Å². The maximum atomic E-state index is 4.25. The molecule has 1 heterocycles. The van der Waals surface area contributed by atoms with E-state index in [4.69, 9.17) is 0 Å². The lowest BCUT2D eigenvalue weighted by Gasteiger charge is -1.93. The van der Waals surface area contributed by atoms with Crippen LogP contribution in [0.3, 0.4) is 0 Å². The van der Waals surface area contributed by atoms with Crippen LogP contribution in [0.2, 0.25) is 0 Å². The molecule has 5 heteroatoms. The molecule has 0 aliphatic rings. The zero-order valence-corrected chi connectivity index (χ0v) is 10.5. The minimum atomic E-state index is 0.747. The van der Waals surface area contributed by atoms with Gasteiger partial charge in [0, 0.05) is 8.95 Å². The van der Waals surface area contributed by atoms with Crippen LogP contribution in [-0.4, -0.2) is 9.97 Å². The van der Waals surface area contributed by atoms with E-state index < -0.39 is 0 Å². The van der Waals surface area contributed by atoms with Gasteiger partial charge in [-0.15, -0.1) is 0 Å². The smallest absolute Gasteiger partial charge is 0.175 e. The second-order valence-electron chi connectivity index (χ2n) is 2.31. The molecule has 0 unspecified atom stereocenters. The molecule has 0 bridgehead atoms. The lowest BCUT2D eigenvalue weighted by Crippen LogP contribution is -1.72. The highest BCUT2D eigenvalue weighted by molar-refractivity contribution is 9.11. The Kier molecular flexibility index (Phi) is 2.27. The van der Waals surface area contributed by atoms with Gasteiger partial charge in [-0.2, -0.15) is 0 Å². The molecule has 2 aromatic rings. The van der Waals surface area contributed by atoms with Crippen LogP contribution < -0.4 is 0 Å². The largest absolute Gasteiger partial charge is 0.332 e. The topological polar surface area (TPSA) is 28.7 Å². The summed E-state index contributed by atoms with van der Waals surface area (Å²) in [5, 5.41) is 0. The standard InChI is InChI=1S/C7H3Br3N2/c8-3-1-4(9)6-5(2-3)11-7(10)12-6/h1-2H,(H,11,12). The van der Waals surface area contributed by atoms with E-state index in [9.17, 15) is 0 Å². The van der Waals surface area contributed by atoms with Crippen LogP contribution >= 0.6 is 47.8 Å². The summed E-state index contributed by atoms with van der Waals surface area (Å²) in [6, 6.07) is 3.95. The monoisotopic (exact) mass is 352 g/mol. The molecule has 62 valence electrons. The highest BCUT2D eigenvalue weighted by Gasteiger charge is 2.04. The number of imidazole rings is 1. The van der Waals surface area contributed by atoms with Crippen molar-refractivity contribution in [1.82, 2.24) is 9.97 Å². The number of benzene rings is 1. The number of rotatable bonds is 0. The fraction of sp³-hybridized carbons (Fsp3) is 0. The Bertz CT molecular complexity index is 435. The highest BCUT2D eigenvalue weighted by atomic mass is 79.9. The second kappa shape index (κ2) is 3.12. The molecule has 1 N–H and O–H groups in total. The molecule has 0 amide bonds. The maximum Gasteiger partial charge on any atom is 0.175 e. The lowest BCUT2D eigenvalue weighted by atomic mass is 10.3. The number of aromatic amines is 1. The summed E-state index contributed by atoms with van der Waals surface area (Å²) in [5.41, 5.74) is 1.94. The SMILES string of the molecule is Brc1cc(Br)c2nc(Br)[nH]c2c1. The van der Waals surface area contributed by atoms with Crippen molar-refractivity contribution < 1.29 is 0 Å². The summed E-state index contributed by atoms with van der Waals surface area (Å²) < 4.78 is 2.75. The van der Waals surface area contributed by atoms with Crippen molar-refractivity contribution >= 4 is 58.8 Å². The Morgan fingerprint density at radius 2 is 1.92 bits per heavy atom. The van der Waals surface area contributed by atoms with Crippen molar-refractivity contribution in [3.05, 3.63) is 25.8 Å². The summed E-state index contributed by atoms with van der Waals surface area (Å²) in [7, 11) is 0. The normalized spacial score (nSPS) is 10.9. The van der Waals surface area contributed by atoms with Gasteiger partial charge in [-0.05, 0) is 44.0 Å². The molecule has 0 saturated carbocycles. The van der Waals surface area contributed by atoms with Gasteiger partial charge in [0.2, 0.25) is 0 Å². The molecule has 0 saturated heterocycles. The van der Waals surface area contributed by atoms with E-state index >= 15 is 0 Å². The Morgan fingerprint density at radius 3 is 2.67 bits per heavy atom. The summed E-state index contributed by atoms with van der Waals surface area (Å²) in [5.74, 6) is 0. The molecule has 0 radical (unpaired) electrons. The number of H-pyrrole nitrogens is 1. The van der Waals surface area contributed by atoms with Crippen molar-refractivity contribution in [2.75, 3.05) is 0 Å². The second-order valence-corrected chi connectivity index (χ2v) is 4.83. The Balaban J connectivity index is 2.88. The van der Waals surface area contributed by atoms with Gasteiger partial charge in [0.15, 0.2) is 4.73 Å². The van der Waals surface area contributed by atoms with Gasteiger partial charge in [0.05, 0.1) is 5.52 Å². The Morgan fingerprint density at radius 1 is 1.17 bits per heavy atom. The van der Waals surface area contributed by atoms with Gasteiger partial charge in [-0.1, -0.05) is 15.9 Å². The van der Waals surface area contributed by atoms with Crippen molar-refractivity contribution in [2.45, 2.75) is 0 Å². The van der Waals surface area contributed by atoms with Crippen molar-refractivity contribution in [3.8, 4) is 0 Å². The van der Waals surface area contributed by atoms with Crippen LogP contribution in [0.15, 0.2) is 25.8 Å². The lowest BCUT2D eigenvalue weighted by molar-refractivity contribution is 1.27. The van der Waals surface area contributed by atoms with Crippen molar-refractivity contribution in [1.29, 1.82) is 0 Å². The minimum Gasteiger partial charge on any atom is -0.332 e. The van der Waals surface area contributed by atoms with Gasteiger partial charge < -0.3 is 4.98 Å². The zero-order valence-electron chi connectivity index (χ0n) is 5.74. The summed E-state index contributed by atoms with van der Waals surface area (Å²) in [4.78, 5) is 7.33. The average molecular weight is 355 g/mol. The number of nitrogens with zero attached hydrogens (tertiary/aromatic N) is 1. The molecular weight excluding hydrogens is 352 g/mol. The quantitative estimate of drug-likeness (QED) is 0.765. The first-order chi connectivity index (χ1) is 5.66. The zero-order chi connectivity index (χ0) is 8.72. The average Bonchev–Trinajstić information content (AvgIpc) is 2.29. The first kappa shape index (κ1) is 8.72. The number of fused-ring (bicyclic) bond motifs is 1. The van der Waals surface area contributed by atoms with Crippen LogP contribution in [0.4, 0.5) is 0 Å². The Labute approximate surface area is 94.1 Å². The van der Waals surface area contributed by atoms with E-state index in [0.29, 0.717) is 0 Å².